The Hall–Kier alpha value is -1.25. The van der Waals surface area contributed by atoms with E-state index < -0.39 is 31.1 Å². The van der Waals surface area contributed by atoms with Gasteiger partial charge in [-0.2, -0.15) is 0 Å². The molecule has 2 N–H and O–H groups in total. The highest BCUT2D eigenvalue weighted by atomic mass is 32.2. The molecule has 0 aliphatic carbocycles. The first kappa shape index (κ1) is 11.8. The van der Waals surface area contributed by atoms with E-state index in [1.165, 1.54) is 0 Å². The number of sulfone groups is 1. The Morgan fingerprint density at radius 1 is 1.20 bits per heavy atom. The van der Waals surface area contributed by atoms with Crippen LogP contribution in [0.1, 0.15) is 0 Å². The fraction of sp³-hybridized carbons (Fsp3) is 0. The van der Waals surface area contributed by atoms with Crippen molar-refractivity contribution >= 4 is 26.2 Å². The molecule has 0 heterocycles. The maximum Gasteiger partial charge on any atom is 0.427 e. The summed E-state index contributed by atoms with van der Waals surface area (Å²) >= 11 is -2.22. The number of hydrogen-bond acceptors (Lipinski definition) is 4. The van der Waals surface area contributed by atoms with Gasteiger partial charge in [0.15, 0.2) is 11.1 Å². The van der Waals surface area contributed by atoms with Gasteiger partial charge in [-0.15, -0.1) is 0 Å². The Labute approximate surface area is 87.8 Å². The summed E-state index contributed by atoms with van der Waals surface area (Å²) in [6.07, 6.45) is 0. The molecule has 1 aromatic rings. The van der Waals surface area contributed by atoms with Gasteiger partial charge in [0.05, 0.1) is 9.79 Å². The molecule has 0 fully saturated rings. The molecule has 0 aromatic heterocycles. The van der Waals surface area contributed by atoms with Crippen LogP contribution in [0.15, 0.2) is 34.1 Å². The van der Waals surface area contributed by atoms with E-state index in [0.717, 1.165) is 24.3 Å². The third kappa shape index (κ3) is 2.41. The SMILES string of the molecule is O=C(O)S(=O)(=O)c1ccc(S(=O)O)cc1. The Bertz CT molecular complexity index is 501. The Kier molecular flexibility index (Phi) is 3.22. The maximum absolute atomic E-state index is 11.1. The second-order valence-electron chi connectivity index (χ2n) is 2.49. The minimum Gasteiger partial charge on any atom is -0.469 e. The first-order chi connectivity index (χ1) is 6.85. The average Bonchev–Trinajstić information content (AvgIpc) is 2.17. The number of rotatable bonds is 2. The molecule has 1 unspecified atom stereocenters. The summed E-state index contributed by atoms with van der Waals surface area (Å²) in [6, 6.07) is 4.08. The third-order valence-corrected chi connectivity index (χ3v) is 3.59. The molecule has 0 spiro atoms. The van der Waals surface area contributed by atoms with Crippen molar-refractivity contribution in [1.29, 1.82) is 0 Å². The zero-order valence-corrected chi connectivity index (χ0v) is 8.79. The van der Waals surface area contributed by atoms with Gasteiger partial charge in [0.1, 0.15) is 0 Å². The molecule has 0 radical (unpaired) electrons. The summed E-state index contributed by atoms with van der Waals surface area (Å²) in [7, 11) is -4.38. The lowest BCUT2D eigenvalue weighted by molar-refractivity contribution is 0.219. The minimum absolute atomic E-state index is 0.000612. The van der Waals surface area contributed by atoms with E-state index in [2.05, 4.69) is 0 Å². The van der Waals surface area contributed by atoms with E-state index in [1.807, 2.05) is 0 Å². The van der Waals surface area contributed by atoms with E-state index in [9.17, 15) is 17.4 Å². The predicted molar refractivity (Wildman–Crippen MR) is 50.7 cm³/mol. The van der Waals surface area contributed by atoms with Crippen LogP contribution in [0.4, 0.5) is 4.79 Å². The molecule has 1 rings (SSSR count). The molecule has 8 heteroatoms. The summed E-state index contributed by atoms with van der Waals surface area (Å²) in [5, 5.41) is 6.42. The molecule has 0 bridgehead atoms. The van der Waals surface area contributed by atoms with Crippen LogP contribution in [0, 0.1) is 0 Å². The maximum atomic E-state index is 11.1. The van der Waals surface area contributed by atoms with Gasteiger partial charge in [0.25, 0.3) is 9.84 Å². The smallest absolute Gasteiger partial charge is 0.427 e. The second-order valence-corrected chi connectivity index (χ2v) is 5.29. The van der Waals surface area contributed by atoms with Gasteiger partial charge in [-0.25, -0.2) is 17.4 Å². The quantitative estimate of drug-likeness (QED) is 0.748. The van der Waals surface area contributed by atoms with E-state index in [0.29, 0.717) is 0 Å². The van der Waals surface area contributed by atoms with Crippen molar-refractivity contribution in [3.05, 3.63) is 24.3 Å². The first-order valence-electron chi connectivity index (χ1n) is 3.54. The lowest BCUT2D eigenvalue weighted by atomic mass is 10.4. The van der Waals surface area contributed by atoms with Crippen LogP contribution < -0.4 is 0 Å². The van der Waals surface area contributed by atoms with Gasteiger partial charge < -0.3 is 9.66 Å². The molecule has 0 saturated heterocycles. The van der Waals surface area contributed by atoms with Crippen molar-refractivity contribution in [2.24, 2.45) is 0 Å². The van der Waals surface area contributed by atoms with Crippen molar-refractivity contribution in [3.63, 3.8) is 0 Å². The highest BCUT2D eigenvalue weighted by Gasteiger charge is 2.23. The average molecular weight is 250 g/mol. The van der Waals surface area contributed by atoms with E-state index in [-0.39, 0.29) is 4.90 Å². The summed E-state index contributed by atoms with van der Waals surface area (Å²) in [5.41, 5.74) is 0. The molecule has 0 amide bonds. The highest BCUT2D eigenvalue weighted by Crippen LogP contribution is 2.14. The van der Waals surface area contributed by atoms with Crippen LogP contribution in [0.3, 0.4) is 0 Å². The van der Waals surface area contributed by atoms with Gasteiger partial charge >= 0.3 is 5.30 Å². The monoisotopic (exact) mass is 250 g/mol. The van der Waals surface area contributed by atoms with Crippen LogP contribution in [0.25, 0.3) is 0 Å². The molecule has 0 saturated carbocycles. The number of hydrogen-bond donors (Lipinski definition) is 2. The molecule has 0 aliphatic heterocycles. The molecule has 15 heavy (non-hydrogen) atoms. The first-order valence-corrected chi connectivity index (χ1v) is 6.13. The fourth-order valence-electron chi connectivity index (χ4n) is 0.836. The molecular formula is C7H6O6S2. The van der Waals surface area contributed by atoms with Crippen LogP contribution in [-0.2, 0) is 20.9 Å². The molecule has 0 aliphatic rings. The van der Waals surface area contributed by atoms with Crippen molar-refractivity contribution in [2.45, 2.75) is 9.79 Å². The summed E-state index contributed by atoms with van der Waals surface area (Å²) < 4.78 is 41.3. The fourth-order valence-corrected chi connectivity index (χ4v) is 1.90. The minimum atomic E-state index is -4.38. The zero-order chi connectivity index (χ0) is 11.6. The second kappa shape index (κ2) is 4.09. The van der Waals surface area contributed by atoms with Crippen LogP contribution in [0.2, 0.25) is 0 Å². The van der Waals surface area contributed by atoms with Gasteiger partial charge in [-0.3, -0.25) is 0 Å². The van der Waals surface area contributed by atoms with Crippen LogP contribution >= 0.6 is 0 Å². The van der Waals surface area contributed by atoms with Crippen LogP contribution in [0.5, 0.6) is 0 Å². The van der Waals surface area contributed by atoms with Crippen molar-refractivity contribution in [2.75, 3.05) is 0 Å². The standard InChI is InChI=1S/C7H6O6S2/c8-7(9)15(12,13)6-3-1-5(2-4-6)14(10)11/h1-4H,(H,8,9)(H,10,11). The Balaban J connectivity index is 3.21. The number of carbonyl (C=O) groups is 1. The van der Waals surface area contributed by atoms with Gasteiger partial charge in [0.2, 0.25) is 0 Å². The van der Waals surface area contributed by atoms with Crippen molar-refractivity contribution in [3.8, 4) is 0 Å². The Morgan fingerprint density at radius 3 is 2.00 bits per heavy atom. The van der Waals surface area contributed by atoms with E-state index in [4.69, 9.17) is 9.66 Å². The lowest BCUT2D eigenvalue weighted by Crippen LogP contribution is -2.11. The third-order valence-electron chi connectivity index (χ3n) is 1.57. The van der Waals surface area contributed by atoms with E-state index in [1.54, 1.807) is 0 Å². The Morgan fingerprint density at radius 2 is 1.67 bits per heavy atom. The largest absolute Gasteiger partial charge is 0.469 e. The van der Waals surface area contributed by atoms with Gasteiger partial charge in [0, 0.05) is 0 Å². The lowest BCUT2D eigenvalue weighted by Gasteiger charge is -1.99. The summed E-state index contributed by atoms with van der Waals surface area (Å²) in [6.45, 7) is 0. The van der Waals surface area contributed by atoms with E-state index >= 15 is 0 Å². The van der Waals surface area contributed by atoms with Crippen molar-refractivity contribution < 1.29 is 27.1 Å². The topological polar surface area (TPSA) is 109 Å². The highest BCUT2D eigenvalue weighted by molar-refractivity contribution is 8.05. The predicted octanol–water partition coefficient (Wildman–Crippen LogP) is 0.719. The van der Waals surface area contributed by atoms with Gasteiger partial charge in [-0.1, -0.05) is 0 Å². The molecule has 1 aromatic carbocycles. The number of carboxylic acid groups (broad SMARTS) is 1. The summed E-state index contributed by atoms with van der Waals surface area (Å²) in [5.74, 6) is 0. The van der Waals surface area contributed by atoms with Crippen molar-refractivity contribution in [1.82, 2.24) is 0 Å². The zero-order valence-electron chi connectivity index (χ0n) is 7.15. The molecule has 6 nitrogen and oxygen atoms in total. The molecular weight excluding hydrogens is 244 g/mol. The molecule has 1 atom stereocenters. The summed E-state index contributed by atoms with van der Waals surface area (Å²) in [4.78, 5) is 9.92. The number of benzene rings is 1. The van der Waals surface area contributed by atoms with Gasteiger partial charge in [-0.05, 0) is 24.3 Å². The normalized spacial score (nSPS) is 13.4. The molecule has 82 valence electrons. The van der Waals surface area contributed by atoms with Crippen LogP contribution in [-0.4, -0.2) is 27.6 Å².